The van der Waals surface area contributed by atoms with Gasteiger partial charge >= 0.3 is 0 Å². The molecule has 8 rings (SSSR count). The molecule has 2 heterocycles. The number of hydrogen-bond donors (Lipinski definition) is 0. The van der Waals surface area contributed by atoms with E-state index in [0.29, 0.717) is 16.7 Å². The molecule has 6 aromatic carbocycles. The molecule has 4 nitrogen and oxygen atoms in total. The lowest BCUT2D eigenvalue weighted by Crippen LogP contribution is -1.92. The first-order valence-electron chi connectivity index (χ1n) is 13.6. The third-order valence-electron chi connectivity index (χ3n) is 7.95. The molecule has 42 heavy (non-hydrogen) atoms. The van der Waals surface area contributed by atoms with Gasteiger partial charge in [0.05, 0.1) is 23.3 Å². The Labute approximate surface area is 240 Å². The quantitative estimate of drug-likeness (QED) is 0.225. The Morgan fingerprint density at radius 2 is 0.833 bits per heavy atom. The SMILES string of the molecule is N#Cc1cccc(C#N)c1-c1cc(-c2ccc3oc4ccccc4c3c2)cc(-c2ccc3oc4ccccc4c3c2)c1. The monoisotopic (exact) mass is 536 g/mol. The van der Waals surface area contributed by atoms with E-state index in [1.54, 1.807) is 18.2 Å². The summed E-state index contributed by atoms with van der Waals surface area (Å²) in [6.45, 7) is 0. The largest absolute Gasteiger partial charge is 0.456 e. The second kappa shape index (κ2) is 9.24. The van der Waals surface area contributed by atoms with E-state index in [-0.39, 0.29) is 0 Å². The molecule has 0 aliphatic carbocycles. The summed E-state index contributed by atoms with van der Waals surface area (Å²) in [6.07, 6.45) is 0. The van der Waals surface area contributed by atoms with Gasteiger partial charge < -0.3 is 8.83 Å². The van der Waals surface area contributed by atoms with Crippen LogP contribution in [0.15, 0.2) is 130 Å². The predicted molar refractivity (Wildman–Crippen MR) is 167 cm³/mol. The summed E-state index contributed by atoms with van der Waals surface area (Å²) in [5, 5.41) is 24.2. The van der Waals surface area contributed by atoms with Gasteiger partial charge in [0.15, 0.2) is 0 Å². The molecule has 0 fully saturated rings. The summed E-state index contributed by atoms with van der Waals surface area (Å²) in [4.78, 5) is 0. The van der Waals surface area contributed by atoms with Gasteiger partial charge in [-0.25, -0.2) is 0 Å². The maximum Gasteiger partial charge on any atom is 0.135 e. The normalized spacial score (nSPS) is 11.3. The number of hydrogen-bond acceptors (Lipinski definition) is 4. The molecule has 0 amide bonds. The Balaban J connectivity index is 1.40. The van der Waals surface area contributed by atoms with E-state index in [9.17, 15) is 10.5 Å². The van der Waals surface area contributed by atoms with Crippen LogP contribution >= 0.6 is 0 Å². The standard InChI is InChI=1S/C38H20N2O2/c39-21-25-6-5-7-26(22-40)38(25)29-17-27(23-12-14-36-32(19-23)30-8-1-3-10-34(30)41-36)16-28(18-29)24-13-15-37-33(20-24)31-9-2-4-11-35(31)42-37/h1-20H. The molecule has 8 aromatic rings. The minimum Gasteiger partial charge on any atom is -0.456 e. The molecule has 0 atom stereocenters. The average Bonchev–Trinajstić information content (AvgIpc) is 3.61. The summed E-state index contributed by atoms with van der Waals surface area (Å²) in [5.41, 5.74) is 9.70. The highest BCUT2D eigenvalue weighted by Crippen LogP contribution is 2.39. The molecule has 0 unspecified atom stereocenters. The van der Waals surface area contributed by atoms with Gasteiger partial charge in [-0.15, -0.1) is 0 Å². The third-order valence-corrected chi connectivity index (χ3v) is 7.95. The molecule has 0 aliphatic rings. The highest BCUT2D eigenvalue weighted by atomic mass is 16.3. The van der Waals surface area contributed by atoms with Crippen molar-refractivity contribution in [3.8, 4) is 45.5 Å². The van der Waals surface area contributed by atoms with E-state index in [1.165, 1.54) is 0 Å². The maximum atomic E-state index is 9.98. The van der Waals surface area contributed by atoms with Crippen LogP contribution in [-0.4, -0.2) is 0 Å². The second-order valence-corrected chi connectivity index (χ2v) is 10.4. The van der Waals surface area contributed by atoms with Crippen LogP contribution in [0.1, 0.15) is 11.1 Å². The Morgan fingerprint density at radius 1 is 0.381 bits per heavy atom. The van der Waals surface area contributed by atoms with E-state index in [0.717, 1.165) is 71.7 Å². The van der Waals surface area contributed by atoms with Crippen molar-refractivity contribution in [2.45, 2.75) is 0 Å². The van der Waals surface area contributed by atoms with Crippen molar-refractivity contribution in [2.24, 2.45) is 0 Å². The summed E-state index contributed by atoms with van der Waals surface area (Å²) in [5.74, 6) is 0. The number of fused-ring (bicyclic) bond motifs is 6. The smallest absolute Gasteiger partial charge is 0.135 e. The molecule has 4 heteroatoms. The fraction of sp³-hybridized carbons (Fsp3) is 0. The Hall–Kier alpha value is -6.10. The van der Waals surface area contributed by atoms with E-state index in [1.807, 2.05) is 48.5 Å². The highest BCUT2D eigenvalue weighted by molar-refractivity contribution is 6.07. The van der Waals surface area contributed by atoms with Crippen molar-refractivity contribution in [2.75, 3.05) is 0 Å². The van der Waals surface area contributed by atoms with Crippen molar-refractivity contribution in [3.63, 3.8) is 0 Å². The fourth-order valence-corrected chi connectivity index (χ4v) is 5.97. The van der Waals surface area contributed by atoms with Gasteiger partial charge in [-0.3, -0.25) is 0 Å². The minimum absolute atomic E-state index is 0.463. The average molecular weight is 537 g/mol. The predicted octanol–water partition coefficient (Wildman–Crippen LogP) is 10.2. The lowest BCUT2D eigenvalue weighted by Gasteiger charge is -2.13. The maximum absolute atomic E-state index is 9.98. The van der Waals surface area contributed by atoms with Gasteiger partial charge in [-0.1, -0.05) is 54.6 Å². The van der Waals surface area contributed by atoms with Gasteiger partial charge in [0.2, 0.25) is 0 Å². The molecular weight excluding hydrogens is 516 g/mol. The molecule has 2 aromatic heterocycles. The van der Waals surface area contributed by atoms with Gasteiger partial charge in [-0.2, -0.15) is 10.5 Å². The topological polar surface area (TPSA) is 73.9 Å². The first-order chi connectivity index (χ1) is 20.7. The van der Waals surface area contributed by atoms with Crippen molar-refractivity contribution in [3.05, 3.63) is 132 Å². The zero-order chi connectivity index (χ0) is 28.2. The molecule has 0 bridgehead atoms. The van der Waals surface area contributed by atoms with Crippen LogP contribution in [-0.2, 0) is 0 Å². The number of rotatable bonds is 3. The highest BCUT2D eigenvalue weighted by Gasteiger charge is 2.16. The molecule has 194 valence electrons. The first-order valence-corrected chi connectivity index (χ1v) is 13.6. The minimum atomic E-state index is 0.463. The Bertz CT molecular complexity index is 2280. The van der Waals surface area contributed by atoms with Gasteiger partial charge in [0.1, 0.15) is 22.3 Å². The zero-order valence-electron chi connectivity index (χ0n) is 22.3. The zero-order valence-corrected chi connectivity index (χ0v) is 22.3. The number of nitriles is 2. The van der Waals surface area contributed by atoms with Crippen LogP contribution in [0.2, 0.25) is 0 Å². The molecule has 0 radical (unpaired) electrons. The third kappa shape index (κ3) is 3.68. The second-order valence-electron chi connectivity index (χ2n) is 10.4. The van der Waals surface area contributed by atoms with Gasteiger partial charge in [-0.05, 0) is 94.5 Å². The molecule has 0 N–H and O–H groups in total. The van der Waals surface area contributed by atoms with E-state index < -0.39 is 0 Å². The molecular formula is C38H20N2O2. The van der Waals surface area contributed by atoms with Crippen molar-refractivity contribution in [1.82, 2.24) is 0 Å². The van der Waals surface area contributed by atoms with E-state index >= 15 is 0 Å². The molecule has 0 spiro atoms. The summed E-state index contributed by atoms with van der Waals surface area (Å²) >= 11 is 0. The van der Waals surface area contributed by atoms with Gasteiger partial charge in [0, 0.05) is 27.1 Å². The van der Waals surface area contributed by atoms with Crippen molar-refractivity contribution < 1.29 is 8.83 Å². The van der Waals surface area contributed by atoms with Crippen LogP contribution < -0.4 is 0 Å². The lowest BCUT2D eigenvalue weighted by molar-refractivity contribution is 0.668. The number of nitrogens with zero attached hydrogens (tertiary/aromatic N) is 2. The van der Waals surface area contributed by atoms with Crippen molar-refractivity contribution in [1.29, 1.82) is 10.5 Å². The first kappa shape index (κ1) is 23.8. The van der Waals surface area contributed by atoms with E-state index in [4.69, 9.17) is 8.83 Å². The van der Waals surface area contributed by atoms with E-state index in [2.05, 4.69) is 66.7 Å². The number of benzene rings is 6. The number of para-hydroxylation sites is 2. The fourth-order valence-electron chi connectivity index (χ4n) is 5.97. The Morgan fingerprint density at radius 3 is 1.33 bits per heavy atom. The molecule has 0 aliphatic heterocycles. The molecule has 0 saturated heterocycles. The van der Waals surface area contributed by atoms with Crippen LogP contribution in [0, 0.1) is 22.7 Å². The Kier molecular flexibility index (Phi) is 5.22. The van der Waals surface area contributed by atoms with Crippen LogP contribution in [0.4, 0.5) is 0 Å². The van der Waals surface area contributed by atoms with Crippen LogP contribution in [0.25, 0.3) is 77.3 Å². The van der Waals surface area contributed by atoms with Crippen molar-refractivity contribution >= 4 is 43.9 Å². The van der Waals surface area contributed by atoms with Crippen LogP contribution in [0.5, 0.6) is 0 Å². The van der Waals surface area contributed by atoms with Crippen LogP contribution in [0.3, 0.4) is 0 Å². The summed E-state index contributed by atoms with van der Waals surface area (Å²) in [6, 6.07) is 44.6. The summed E-state index contributed by atoms with van der Waals surface area (Å²) in [7, 11) is 0. The number of furan rings is 2. The molecule has 0 saturated carbocycles. The lowest BCUT2D eigenvalue weighted by atomic mass is 9.89. The summed E-state index contributed by atoms with van der Waals surface area (Å²) < 4.78 is 12.2. The van der Waals surface area contributed by atoms with Gasteiger partial charge in [0.25, 0.3) is 0 Å².